The molecule has 3 N–H and O–H groups in total. The minimum absolute atomic E-state index is 0.0292. The van der Waals surface area contributed by atoms with Gasteiger partial charge in [-0.3, -0.25) is 19.9 Å². The lowest BCUT2D eigenvalue weighted by atomic mass is 10.1. The molecule has 0 radical (unpaired) electrons. The Morgan fingerprint density at radius 3 is 2.83 bits per heavy atom. The molecule has 0 bridgehead atoms. The molecule has 6 aromatic rings. The highest BCUT2D eigenvalue weighted by molar-refractivity contribution is 7.13. The van der Waals surface area contributed by atoms with Crippen LogP contribution < -0.4 is 5.32 Å². The maximum atomic E-state index is 12.0. The molecule has 0 saturated heterocycles. The van der Waals surface area contributed by atoms with E-state index in [4.69, 9.17) is 4.98 Å². The third-order valence-corrected chi connectivity index (χ3v) is 6.56. The van der Waals surface area contributed by atoms with E-state index >= 15 is 0 Å². The smallest absolute Gasteiger partial charge is 0.224 e. The number of amides is 1. The van der Waals surface area contributed by atoms with Crippen LogP contribution in [0.5, 0.6) is 0 Å². The molecule has 0 saturated carbocycles. The average Bonchev–Trinajstić information content (AvgIpc) is 3.63. The van der Waals surface area contributed by atoms with E-state index in [9.17, 15) is 4.79 Å². The highest BCUT2D eigenvalue weighted by Crippen LogP contribution is 2.33. The molecule has 0 aliphatic rings. The van der Waals surface area contributed by atoms with E-state index in [0.717, 1.165) is 50.1 Å². The van der Waals surface area contributed by atoms with Crippen LogP contribution >= 0.6 is 11.3 Å². The van der Waals surface area contributed by atoms with Crippen molar-refractivity contribution in [1.82, 2.24) is 35.1 Å². The van der Waals surface area contributed by atoms with Gasteiger partial charge in [0.25, 0.3) is 0 Å². The predicted molar refractivity (Wildman–Crippen MR) is 137 cm³/mol. The summed E-state index contributed by atoms with van der Waals surface area (Å²) in [7, 11) is 0. The van der Waals surface area contributed by atoms with Crippen molar-refractivity contribution in [2.45, 2.75) is 19.8 Å². The first-order chi connectivity index (χ1) is 17.2. The molecule has 0 aliphatic heterocycles. The first-order valence-corrected chi connectivity index (χ1v) is 12.0. The molecule has 1 amide bonds. The second-order valence-electron chi connectivity index (χ2n) is 8.10. The van der Waals surface area contributed by atoms with Gasteiger partial charge in [0, 0.05) is 46.6 Å². The number of fused-ring (bicyclic) bond motifs is 2. The fraction of sp³-hybridized carbons (Fsp3) is 0.120. The number of anilines is 1. The van der Waals surface area contributed by atoms with E-state index in [1.54, 1.807) is 36.1 Å². The van der Waals surface area contributed by atoms with Crippen molar-refractivity contribution in [3.05, 3.63) is 60.6 Å². The number of aromatic nitrogens is 7. The van der Waals surface area contributed by atoms with Gasteiger partial charge in [0.1, 0.15) is 11.2 Å². The summed E-state index contributed by atoms with van der Waals surface area (Å²) in [6.45, 7) is 1.97. The Kier molecular flexibility index (Phi) is 5.27. The predicted octanol–water partition coefficient (Wildman–Crippen LogP) is 5.43. The van der Waals surface area contributed by atoms with Gasteiger partial charge in [-0.25, -0.2) is 9.97 Å². The molecule has 6 aromatic heterocycles. The zero-order valence-corrected chi connectivity index (χ0v) is 19.6. The number of thiophene rings is 1. The van der Waals surface area contributed by atoms with Gasteiger partial charge < -0.3 is 10.3 Å². The van der Waals surface area contributed by atoms with Crippen molar-refractivity contribution in [3.8, 4) is 33.1 Å². The van der Waals surface area contributed by atoms with Crippen LogP contribution in [-0.4, -0.2) is 41.0 Å². The maximum Gasteiger partial charge on any atom is 0.224 e. The number of nitrogens with zero attached hydrogens (tertiary/aromatic N) is 5. The Balaban J connectivity index is 1.40. The largest absolute Gasteiger partial charge is 0.335 e. The van der Waals surface area contributed by atoms with Crippen molar-refractivity contribution in [1.29, 1.82) is 0 Å². The molecule has 0 unspecified atom stereocenters. The van der Waals surface area contributed by atoms with Crippen LogP contribution in [0.25, 0.3) is 55.2 Å². The van der Waals surface area contributed by atoms with E-state index in [1.807, 2.05) is 36.7 Å². The van der Waals surface area contributed by atoms with Crippen molar-refractivity contribution >= 4 is 45.0 Å². The highest BCUT2D eigenvalue weighted by atomic mass is 32.1. The summed E-state index contributed by atoms with van der Waals surface area (Å²) in [5, 5.41) is 13.2. The van der Waals surface area contributed by atoms with Gasteiger partial charge in [-0.2, -0.15) is 5.10 Å². The van der Waals surface area contributed by atoms with Crippen LogP contribution in [0.15, 0.2) is 60.6 Å². The minimum atomic E-state index is -0.0292. The molecular formula is C25H20N8OS. The Bertz CT molecular complexity index is 1670. The number of H-pyrrole nitrogens is 2. The van der Waals surface area contributed by atoms with E-state index in [2.05, 4.69) is 41.5 Å². The third kappa shape index (κ3) is 3.93. The molecule has 6 heterocycles. The van der Waals surface area contributed by atoms with Crippen molar-refractivity contribution in [2.24, 2.45) is 0 Å². The summed E-state index contributed by atoms with van der Waals surface area (Å²) in [4.78, 5) is 34.6. The quantitative estimate of drug-likeness (QED) is 0.292. The number of pyridine rings is 3. The molecule has 6 rings (SSSR count). The summed E-state index contributed by atoms with van der Waals surface area (Å²) in [6, 6.07) is 7.97. The Morgan fingerprint density at radius 2 is 1.97 bits per heavy atom. The minimum Gasteiger partial charge on any atom is -0.335 e. The topological polar surface area (TPSA) is 125 Å². The molecule has 0 aliphatic carbocycles. The van der Waals surface area contributed by atoms with Crippen LogP contribution in [-0.2, 0) is 4.79 Å². The Hall–Kier alpha value is -4.44. The lowest BCUT2D eigenvalue weighted by molar-refractivity contribution is -0.116. The molecule has 0 spiro atoms. The SMILES string of the molecule is CCCC(=O)Nc1cncc(-c2cnc3n[nH]c(-c4nc5c(-c6cccs6)cncc5[nH]4)c3c2)c1. The van der Waals surface area contributed by atoms with E-state index < -0.39 is 0 Å². The number of aromatic amines is 2. The molecule has 10 heteroatoms. The molecule has 172 valence electrons. The number of carbonyl (C=O) groups is 1. The van der Waals surface area contributed by atoms with Crippen LogP contribution in [0.4, 0.5) is 5.69 Å². The van der Waals surface area contributed by atoms with E-state index in [0.29, 0.717) is 23.6 Å². The van der Waals surface area contributed by atoms with Gasteiger partial charge in [0.05, 0.1) is 29.0 Å². The maximum absolute atomic E-state index is 12.0. The number of hydrogen-bond acceptors (Lipinski definition) is 7. The Morgan fingerprint density at radius 1 is 1.09 bits per heavy atom. The summed E-state index contributed by atoms with van der Waals surface area (Å²) in [5.74, 6) is 0.629. The molecule has 35 heavy (non-hydrogen) atoms. The van der Waals surface area contributed by atoms with Gasteiger partial charge in [-0.15, -0.1) is 11.3 Å². The third-order valence-electron chi connectivity index (χ3n) is 5.66. The first-order valence-electron chi connectivity index (χ1n) is 11.2. The lowest BCUT2D eigenvalue weighted by Gasteiger charge is -2.07. The van der Waals surface area contributed by atoms with Crippen molar-refractivity contribution in [2.75, 3.05) is 5.32 Å². The standard InChI is InChI=1S/C25H20N8OS/c1-2-4-21(34)29-16-7-14(9-26-11-16)15-8-17-23(32-33-24(17)28-10-15)25-30-19-13-27-12-18(22(19)31-25)20-5-3-6-35-20/h3,5-13H,2,4H2,1H3,(H,29,34)(H,30,31)(H,28,32,33). The molecule has 0 atom stereocenters. The average molecular weight is 481 g/mol. The van der Waals surface area contributed by atoms with E-state index in [1.165, 1.54) is 0 Å². The highest BCUT2D eigenvalue weighted by Gasteiger charge is 2.17. The summed E-state index contributed by atoms with van der Waals surface area (Å²) in [6.07, 6.45) is 10.0. The Labute approximate surface area is 203 Å². The van der Waals surface area contributed by atoms with Crippen molar-refractivity contribution in [3.63, 3.8) is 0 Å². The lowest BCUT2D eigenvalue weighted by Crippen LogP contribution is -2.10. The van der Waals surface area contributed by atoms with Crippen molar-refractivity contribution < 1.29 is 4.79 Å². The van der Waals surface area contributed by atoms with E-state index in [-0.39, 0.29) is 5.91 Å². The number of rotatable bonds is 6. The zero-order chi connectivity index (χ0) is 23.8. The monoisotopic (exact) mass is 480 g/mol. The van der Waals surface area contributed by atoms with Crippen LogP contribution in [0, 0.1) is 0 Å². The molecule has 9 nitrogen and oxygen atoms in total. The zero-order valence-electron chi connectivity index (χ0n) is 18.7. The molecular weight excluding hydrogens is 460 g/mol. The first kappa shape index (κ1) is 21.1. The van der Waals surface area contributed by atoms with Gasteiger partial charge in [-0.1, -0.05) is 13.0 Å². The fourth-order valence-electron chi connectivity index (χ4n) is 4.02. The van der Waals surface area contributed by atoms with Gasteiger partial charge >= 0.3 is 0 Å². The number of carbonyl (C=O) groups excluding carboxylic acids is 1. The fourth-order valence-corrected chi connectivity index (χ4v) is 4.76. The van der Waals surface area contributed by atoms with Crippen LogP contribution in [0.3, 0.4) is 0 Å². The number of imidazole rings is 1. The summed E-state index contributed by atoms with van der Waals surface area (Å²) >= 11 is 1.65. The second-order valence-corrected chi connectivity index (χ2v) is 9.05. The number of nitrogens with one attached hydrogen (secondary N) is 3. The van der Waals surface area contributed by atoms with Gasteiger partial charge in [0.2, 0.25) is 5.91 Å². The molecule has 0 fully saturated rings. The second kappa shape index (κ2) is 8.73. The normalized spacial score (nSPS) is 11.3. The molecule has 0 aromatic carbocycles. The van der Waals surface area contributed by atoms with Gasteiger partial charge in [-0.05, 0) is 30.0 Å². The van der Waals surface area contributed by atoms with Crippen LogP contribution in [0.2, 0.25) is 0 Å². The van der Waals surface area contributed by atoms with Gasteiger partial charge in [0.15, 0.2) is 11.5 Å². The number of hydrogen-bond donors (Lipinski definition) is 3. The summed E-state index contributed by atoms with van der Waals surface area (Å²) < 4.78 is 0. The summed E-state index contributed by atoms with van der Waals surface area (Å²) in [5.41, 5.74) is 6.35. The van der Waals surface area contributed by atoms with Crippen LogP contribution in [0.1, 0.15) is 19.8 Å².